The molecule has 0 aliphatic carbocycles. The quantitative estimate of drug-likeness (QED) is 0.831. The summed E-state index contributed by atoms with van der Waals surface area (Å²) in [6.45, 7) is 6.38. The molecule has 1 aliphatic rings. The Kier molecular flexibility index (Phi) is 5.25. The third-order valence-electron chi connectivity index (χ3n) is 3.12. The summed E-state index contributed by atoms with van der Waals surface area (Å²) in [5.74, 6) is 0.414. The molecule has 0 aromatic rings. The van der Waals surface area contributed by atoms with Crippen molar-refractivity contribution in [3.8, 4) is 0 Å². The molecule has 0 aromatic heterocycles. The molecule has 1 fully saturated rings. The van der Waals surface area contributed by atoms with Crippen molar-refractivity contribution in [3.05, 3.63) is 0 Å². The molecule has 1 aliphatic heterocycles. The zero-order valence-corrected chi connectivity index (χ0v) is 10.7. The second-order valence-corrected chi connectivity index (χ2v) is 5.26. The Hall–Kier alpha value is -0.290. The lowest BCUT2D eigenvalue weighted by Crippen LogP contribution is -2.45. The summed E-state index contributed by atoms with van der Waals surface area (Å²) in [6, 6.07) is -0.376. The third kappa shape index (κ3) is 5.73. The van der Waals surface area contributed by atoms with E-state index in [1.165, 1.54) is 0 Å². The summed E-state index contributed by atoms with van der Waals surface area (Å²) in [7, 11) is 0. The van der Waals surface area contributed by atoms with Crippen LogP contribution in [0.2, 0.25) is 0 Å². The number of nitrogens with one attached hydrogen (secondary N) is 1. The molecule has 0 saturated carbocycles. The highest BCUT2D eigenvalue weighted by atomic mass is 19.4. The summed E-state index contributed by atoms with van der Waals surface area (Å²) in [5.41, 5.74) is 0. The standard InChI is InChI=1S/C12H22F3NO/c1-8(2)11-6-10(4-5-17-11)16-9(3)7-12(13,14)15/h8-11,16H,4-7H2,1-3H3. The monoisotopic (exact) mass is 253 g/mol. The van der Waals surface area contributed by atoms with Crippen molar-refractivity contribution in [2.24, 2.45) is 5.92 Å². The average molecular weight is 253 g/mol. The van der Waals surface area contributed by atoms with E-state index in [4.69, 9.17) is 4.74 Å². The largest absolute Gasteiger partial charge is 0.390 e. The highest BCUT2D eigenvalue weighted by Gasteiger charge is 2.32. The van der Waals surface area contributed by atoms with Gasteiger partial charge in [0.1, 0.15) is 0 Å². The SMILES string of the molecule is CC(CC(F)(F)F)NC1CCOC(C(C)C)C1. The minimum absolute atomic E-state index is 0.147. The van der Waals surface area contributed by atoms with Gasteiger partial charge in [-0.2, -0.15) is 13.2 Å². The van der Waals surface area contributed by atoms with Gasteiger partial charge in [-0.3, -0.25) is 0 Å². The Balaban J connectivity index is 2.35. The topological polar surface area (TPSA) is 21.3 Å². The van der Waals surface area contributed by atoms with Crippen LogP contribution in [0.4, 0.5) is 13.2 Å². The van der Waals surface area contributed by atoms with Crippen molar-refractivity contribution in [2.45, 2.75) is 64.4 Å². The highest BCUT2D eigenvalue weighted by molar-refractivity contribution is 4.81. The smallest absolute Gasteiger partial charge is 0.378 e. The lowest BCUT2D eigenvalue weighted by Gasteiger charge is -2.34. The van der Waals surface area contributed by atoms with E-state index in [1.807, 2.05) is 0 Å². The molecule has 1 N–H and O–H groups in total. The number of ether oxygens (including phenoxy) is 1. The summed E-state index contributed by atoms with van der Waals surface area (Å²) >= 11 is 0. The van der Waals surface area contributed by atoms with Crippen molar-refractivity contribution in [3.63, 3.8) is 0 Å². The van der Waals surface area contributed by atoms with E-state index >= 15 is 0 Å². The van der Waals surface area contributed by atoms with Gasteiger partial charge in [-0.25, -0.2) is 0 Å². The molecule has 3 unspecified atom stereocenters. The molecule has 17 heavy (non-hydrogen) atoms. The van der Waals surface area contributed by atoms with Gasteiger partial charge >= 0.3 is 6.18 Å². The van der Waals surface area contributed by atoms with Crippen LogP contribution in [0.25, 0.3) is 0 Å². The van der Waals surface area contributed by atoms with Gasteiger partial charge in [0.15, 0.2) is 0 Å². The van der Waals surface area contributed by atoms with Crippen LogP contribution in [0, 0.1) is 5.92 Å². The van der Waals surface area contributed by atoms with Crippen molar-refractivity contribution < 1.29 is 17.9 Å². The normalized spacial score (nSPS) is 28.4. The predicted octanol–water partition coefficient (Wildman–Crippen LogP) is 3.12. The van der Waals surface area contributed by atoms with E-state index in [1.54, 1.807) is 6.92 Å². The van der Waals surface area contributed by atoms with Gasteiger partial charge in [0.25, 0.3) is 0 Å². The number of hydrogen-bond acceptors (Lipinski definition) is 2. The maximum absolute atomic E-state index is 12.2. The molecular formula is C12H22F3NO. The second kappa shape index (κ2) is 6.05. The fourth-order valence-electron chi connectivity index (χ4n) is 2.25. The van der Waals surface area contributed by atoms with Gasteiger partial charge in [-0.05, 0) is 25.7 Å². The molecule has 1 heterocycles. The van der Waals surface area contributed by atoms with E-state index in [0.29, 0.717) is 12.5 Å². The summed E-state index contributed by atoms with van der Waals surface area (Å²) < 4.78 is 42.2. The maximum Gasteiger partial charge on any atom is 0.390 e. The van der Waals surface area contributed by atoms with Crippen LogP contribution in [0.3, 0.4) is 0 Å². The second-order valence-electron chi connectivity index (χ2n) is 5.26. The third-order valence-corrected chi connectivity index (χ3v) is 3.12. The lowest BCUT2D eigenvalue weighted by molar-refractivity contribution is -0.140. The molecule has 0 aromatic carbocycles. The first-order chi connectivity index (χ1) is 7.78. The molecule has 0 amide bonds. The number of rotatable bonds is 4. The van der Waals surface area contributed by atoms with E-state index < -0.39 is 18.6 Å². The first-order valence-electron chi connectivity index (χ1n) is 6.22. The van der Waals surface area contributed by atoms with Crippen LogP contribution >= 0.6 is 0 Å². The minimum atomic E-state index is -4.09. The lowest BCUT2D eigenvalue weighted by atomic mass is 9.95. The molecule has 3 atom stereocenters. The molecule has 102 valence electrons. The van der Waals surface area contributed by atoms with Crippen LogP contribution in [-0.4, -0.2) is 31.0 Å². The highest BCUT2D eigenvalue weighted by Crippen LogP contribution is 2.24. The van der Waals surface area contributed by atoms with Gasteiger partial charge in [-0.1, -0.05) is 13.8 Å². The predicted molar refractivity (Wildman–Crippen MR) is 60.9 cm³/mol. The Bertz CT molecular complexity index is 230. The van der Waals surface area contributed by atoms with E-state index in [2.05, 4.69) is 19.2 Å². The molecule has 0 radical (unpaired) electrons. The summed E-state index contributed by atoms with van der Waals surface area (Å²) in [4.78, 5) is 0. The fraction of sp³-hybridized carbons (Fsp3) is 1.00. The average Bonchev–Trinajstić information content (AvgIpc) is 2.14. The van der Waals surface area contributed by atoms with E-state index in [9.17, 15) is 13.2 Å². The number of halogens is 3. The fourth-order valence-corrected chi connectivity index (χ4v) is 2.25. The molecule has 5 heteroatoms. The Morgan fingerprint density at radius 2 is 1.94 bits per heavy atom. The van der Waals surface area contributed by atoms with Crippen LogP contribution < -0.4 is 5.32 Å². The van der Waals surface area contributed by atoms with Gasteiger partial charge in [0.05, 0.1) is 12.5 Å². The number of hydrogen-bond donors (Lipinski definition) is 1. The summed E-state index contributed by atoms with van der Waals surface area (Å²) in [6.07, 6.45) is -3.09. The molecule has 0 spiro atoms. The van der Waals surface area contributed by atoms with Crippen molar-refractivity contribution >= 4 is 0 Å². The molecular weight excluding hydrogens is 231 g/mol. The first kappa shape index (κ1) is 14.8. The number of alkyl halides is 3. The minimum Gasteiger partial charge on any atom is -0.378 e. The van der Waals surface area contributed by atoms with Crippen molar-refractivity contribution in [1.29, 1.82) is 0 Å². The van der Waals surface area contributed by atoms with Crippen LogP contribution in [0.1, 0.15) is 40.0 Å². The van der Waals surface area contributed by atoms with Crippen LogP contribution in [-0.2, 0) is 4.74 Å². The maximum atomic E-state index is 12.2. The Labute approximate surface area is 101 Å². The Morgan fingerprint density at radius 3 is 2.47 bits per heavy atom. The van der Waals surface area contributed by atoms with E-state index in [-0.39, 0.29) is 12.1 Å². The van der Waals surface area contributed by atoms with Gasteiger partial charge in [-0.15, -0.1) is 0 Å². The van der Waals surface area contributed by atoms with Gasteiger partial charge in [0, 0.05) is 18.7 Å². The zero-order valence-electron chi connectivity index (χ0n) is 10.7. The molecule has 2 nitrogen and oxygen atoms in total. The van der Waals surface area contributed by atoms with Crippen LogP contribution in [0.5, 0.6) is 0 Å². The first-order valence-corrected chi connectivity index (χ1v) is 6.22. The molecule has 0 bridgehead atoms. The van der Waals surface area contributed by atoms with Crippen LogP contribution in [0.15, 0.2) is 0 Å². The Morgan fingerprint density at radius 1 is 1.29 bits per heavy atom. The van der Waals surface area contributed by atoms with Crippen molar-refractivity contribution in [1.82, 2.24) is 5.32 Å². The van der Waals surface area contributed by atoms with Gasteiger partial charge in [0.2, 0.25) is 0 Å². The van der Waals surface area contributed by atoms with E-state index in [0.717, 1.165) is 12.8 Å². The van der Waals surface area contributed by atoms with Crippen molar-refractivity contribution in [2.75, 3.05) is 6.61 Å². The molecule has 1 saturated heterocycles. The molecule has 1 rings (SSSR count). The van der Waals surface area contributed by atoms with Gasteiger partial charge < -0.3 is 10.1 Å². The summed E-state index contributed by atoms with van der Waals surface area (Å²) in [5, 5.41) is 3.06. The zero-order chi connectivity index (χ0) is 13.1.